The SMILES string of the molecule is COCCCOc1ccccc1NC(=O)NCc1ccccc1CN(C)C(C)C. The van der Waals surface area contributed by atoms with Gasteiger partial charge in [0, 0.05) is 39.3 Å². The first-order valence-corrected chi connectivity index (χ1v) is 10.0. The largest absolute Gasteiger partial charge is 0.491 e. The summed E-state index contributed by atoms with van der Waals surface area (Å²) in [5.41, 5.74) is 2.97. The Balaban J connectivity index is 1.93. The summed E-state index contributed by atoms with van der Waals surface area (Å²) in [6.45, 7) is 6.82. The van der Waals surface area contributed by atoms with Gasteiger partial charge in [-0.2, -0.15) is 0 Å². The van der Waals surface area contributed by atoms with Crippen LogP contribution in [0.2, 0.25) is 0 Å². The molecule has 2 amide bonds. The molecule has 2 aromatic carbocycles. The number of hydrogen-bond donors (Lipinski definition) is 2. The molecule has 0 atom stereocenters. The third-order valence-electron chi connectivity index (χ3n) is 4.74. The summed E-state index contributed by atoms with van der Waals surface area (Å²) in [4.78, 5) is 14.7. The van der Waals surface area contributed by atoms with E-state index in [9.17, 15) is 4.79 Å². The van der Waals surface area contributed by atoms with E-state index in [1.165, 1.54) is 5.56 Å². The van der Waals surface area contributed by atoms with E-state index >= 15 is 0 Å². The van der Waals surface area contributed by atoms with E-state index in [0.29, 0.717) is 37.2 Å². The first-order valence-electron chi connectivity index (χ1n) is 10.0. The third kappa shape index (κ3) is 7.75. The highest BCUT2D eigenvalue weighted by molar-refractivity contribution is 5.90. The average molecular weight is 400 g/mol. The highest BCUT2D eigenvalue weighted by Crippen LogP contribution is 2.23. The number of amides is 2. The second kappa shape index (κ2) is 12.1. The van der Waals surface area contributed by atoms with Gasteiger partial charge in [-0.05, 0) is 44.2 Å². The van der Waals surface area contributed by atoms with E-state index in [0.717, 1.165) is 18.5 Å². The predicted molar refractivity (Wildman–Crippen MR) is 117 cm³/mol. The number of anilines is 1. The predicted octanol–water partition coefficient (Wildman–Crippen LogP) is 4.26. The molecule has 158 valence electrons. The second-order valence-corrected chi connectivity index (χ2v) is 7.28. The van der Waals surface area contributed by atoms with Gasteiger partial charge >= 0.3 is 6.03 Å². The number of benzene rings is 2. The Hall–Kier alpha value is -2.57. The number of para-hydroxylation sites is 2. The van der Waals surface area contributed by atoms with Crippen LogP contribution < -0.4 is 15.4 Å². The van der Waals surface area contributed by atoms with Gasteiger partial charge in [0.25, 0.3) is 0 Å². The Morgan fingerprint density at radius 1 is 1.03 bits per heavy atom. The minimum Gasteiger partial charge on any atom is -0.491 e. The number of carbonyl (C=O) groups is 1. The van der Waals surface area contributed by atoms with Crippen molar-refractivity contribution in [3.63, 3.8) is 0 Å². The van der Waals surface area contributed by atoms with Crippen LogP contribution in [0.4, 0.5) is 10.5 Å². The molecular weight excluding hydrogens is 366 g/mol. The van der Waals surface area contributed by atoms with Crippen LogP contribution in [0.5, 0.6) is 5.75 Å². The normalized spacial score (nSPS) is 11.0. The molecular formula is C23H33N3O3. The van der Waals surface area contributed by atoms with Crippen molar-refractivity contribution in [2.45, 2.75) is 39.4 Å². The number of ether oxygens (including phenoxy) is 2. The number of nitrogens with zero attached hydrogens (tertiary/aromatic N) is 1. The molecule has 0 spiro atoms. The zero-order chi connectivity index (χ0) is 21.1. The Labute approximate surface area is 174 Å². The van der Waals surface area contributed by atoms with E-state index in [1.54, 1.807) is 7.11 Å². The lowest BCUT2D eigenvalue weighted by Gasteiger charge is -2.22. The molecule has 0 aliphatic rings. The van der Waals surface area contributed by atoms with Crippen LogP contribution in [-0.2, 0) is 17.8 Å². The van der Waals surface area contributed by atoms with Gasteiger partial charge in [0.1, 0.15) is 5.75 Å². The van der Waals surface area contributed by atoms with Gasteiger partial charge in [-0.25, -0.2) is 4.79 Å². The lowest BCUT2D eigenvalue weighted by atomic mass is 10.1. The molecule has 2 rings (SSSR count). The standard InChI is InChI=1S/C23H33N3O3/c1-18(2)26(3)17-20-11-6-5-10-19(20)16-24-23(27)25-21-12-7-8-13-22(21)29-15-9-14-28-4/h5-8,10-13,18H,9,14-17H2,1-4H3,(H2,24,25,27). The van der Waals surface area contributed by atoms with Crippen molar-refractivity contribution in [1.29, 1.82) is 0 Å². The molecule has 0 unspecified atom stereocenters. The van der Waals surface area contributed by atoms with Crippen molar-refractivity contribution in [1.82, 2.24) is 10.2 Å². The van der Waals surface area contributed by atoms with Crippen molar-refractivity contribution in [3.05, 3.63) is 59.7 Å². The van der Waals surface area contributed by atoms with Crippen molar-refractivity contribution < 1.29 is 14.3 Å². The molecule has 0 fully saturated rings. The van der Waals surface area contributed by atoms with Gasteiger partial charge in [-0.3, -0.25) is 4.90 Å². The fourth-order valence-corrected chi connectivity index (χ4v) is 2.76. The maximum absolute atomic E-state index is 12.4. The van der Waals surface area contributed by atoms with Gasteiger partial charge in [0.2, 0.25) is 0 Å². The summed E-state index contributed by atoms with van der Waals surface area (Å²) in [7, 11) is 3.77. The van der Waals surface area contributed by atoms with Crippen molar-refractivity contribution in [2.75, 3.05) is 32.7 Å². The van der Waals surface area contributed by atoms with Crippen LogP contribution in [0, 0.1) is 0 Å². The molecule has 2 aromatic rings. The van der Waals surface area contributed by atoms with Gasteiger partial charge in [-0.15, -0.1) is 0 Å². The minimum absolute atomic E-state index is 0.259. The lowest BCUT2D eigenvalue weighted by Crippen LogP contribution is -2.30. The molecule has 29 heavy (non-hydrogen) atoms. The van der Waals surface area contributed by atoms with Crippen LogP contribution in [0.15, 0.2) is 48.5 Å². The molecule has 0 saturated heterocycles. The number of urea groups is 1. The molecule has 0 radical (unpaired) electrons. The number of carbonyl (C=O) groups excluding carboxylic acids is 1. The van der Waals surface area contributed by atoms with E-state index in [-0.39, 0.29) is 6.03 Å². The molecule has 6 nitrogen and oxygen atoms in total. The summed E-state index contributed by atoms with van der Waals surface area (Å²) in [6, 6.07) is 15.8. The molecule has 0 aliphatic heterocycles. The van der Waals surface area contributed by atoms with Gasteiger partial charge < -0.3 is 20.1 Å². The van der Waals surface area contributed by atoms with Gasteiger partial charge in [-0.1, -0.05) is 36.4 Å². The van der Waals surface area contributed by atoms with Crippen molar-refractivity contribution in [2.24, 2.45) is 0 Å². The summed E-state index contributed by atoms with van der Waals surface area (Å²) in [6.07, 6.45) is 0.790. The summed E-state index contributed by atoms with van der Waals surface area (Å²) >= 11 is 0. The number of rotatable bonds is 11. The maximum Gasteiger partial charge on any atom is 0.319 e. The minimum atomic E-state index is -0.259. The Morgan fingerprint density at radius 3 is 2.45 bits per heavy atom. The Kier molecular flexibility index (Phi) is 9.47. The number of hydrogen-bond acceptors (Lipinski definition) is 4. The van der Waals surface area contributed by atoms with Crippen molar-refractivity contribution in [3.8, 4) is 5.75 Å². The molecule has 0 aliphatic carbocycles. The molecule has 6 heteroatoms. The molecule has 0 saturated carbocycles. The fraction of sp³-hybridized carbons (Fsp3) is 0.435. The van der Waals surface area contributed by atoms with Crippen LogP contribution >= 0.6 is 0 Å². The van der Waals surface area contributed by atoms with Crippen LogP contribution in [0.3, 0.4) is 0 Å². The van der Waals surface area contributed by atoms with E-state index in [1.807, 2.05) is 36.4 Å². The zero-order valence-electron chi connectivity index (χ0n) is 17.9. The average Bonchev–Trinajstić information content (AvgIpc) is 2.71. The lowest BCUT2D eigenvalue weighted by molar-refractivity contribution is 0.172. The zero-order valence-corrected chi connectivity index (χ0v) is 17.9. The van der Waals surface area contributed by atoms with Crippen LogP contribution in [0.25, 0.3) is 0 Å². The maximum atomic E-state index is 12.4. The monoisotopic (exact) mass is 399 g/mol. The Bertz CT molecular complexity index is 765. The first kappa shape index (κ1) is 22.7. The summed E-state index contributed by atoms with van der Waals surface area (Å²) in [5, 5.41) is 5.83. The van der Waals surface area contributed by atoms with Gasteiger partial charge in [0.05, 0.1) is 12.3 Å². The van der Waals surface area contributed by atoms with Crippen LogP contribution in [0.1, 0.15) is 31.4 Å². The summed E-state index contributed by atoms with van der Waals surface area (Å²) < 4.78 is 10.8. The van der Waals surface area contributed by atoms with E-state index in [4.69, 9.17) is 9.47 Å². The summed E-state index contributed by atoms with van der Waals surface area (Å²) in [5.74, 6) is 0.651. The molecule has 0 aromatic heterocycles. The van der Waals surface area contributed by atoms with E-state index in [2.05, 4.69) is 48.6 Å². The molecule has 0 heterocycles. The van der Waals surface area contributed by atoms with E-state index < -0.39 is 0 Å². The topological polar surface area (TPSA) is 62.8 Å². The van der Waals surface area contributed by atoms with Gasteiger partial charge in [0.15, 0.2) is 0 Å². The third-order valence-corrected chi connectivity index (χ3v) is 4.74. The second-order valence-electron chi connectivity index (χ2n) is 7.28. The Morgan fingerprint density at radius 2 is 1.72 bits per heavy atom. The molecule has 0 bridgehead atoms. The number of methoxy groups -OCH3 is 1. The van der Waals surface area contributed by atoms with Crippen molar-refractivity contribution >= 4 is 11.7 Å². The molecule has 2 N–H and O–H groups in total. The fourth-order valence-electron chi connectivity index (χ4n) is 2.76. The highest BCUT2D eigenvalue weighted by Gasteiger charge is 2.10. The quantitative estimate of drug-likeness (QED) is 0.554. The number of nitrogens with one attached hydrogen (secondary N) is 2. The van der Waals surface area contributed by atoms with Crippen LogP contribution in [-0.4, -0.2) is 44.3 Å². The smallest absolute Gasteiger partial charge is 0.319 e. The first-order chi connectivity index (χ1) is 14.0. The highest BCUT2D eigenvalue weighted by atomic mass is 16.5.